The lowest BCUT2D eigenvalue weighted by Gasteiger charge is -2.25. The number of hydrogen-bond acceptors (Lipinski definition) is 3. The molecule has 26 heavy (non-hydrogen) atoms. The van der Waals surface area contributed by atoms with Crippen LogP contribution in [0.15, 0.2) is 4.99 Å². The molecule has 2 saturated carbocycles. The third-order valence-electron chi connectivity index (χ3n) is 5.14. The fraction of sp³-hybridized carbons (Fsp3) is 0.895. The molecule has 2 rings (SSSR count). The number of likely N-dealkylation sites (N-methyl/N-ethyl adjacent to an activating group) is 1. The maximum Gasteiger partial charge on any atom is 0.243 e. The average Bonchev–Trinajstić information content (AvgIpc) is 3.17. The standard InChI is InChI=1S/C19H36N4O2.HI/c1-14(2)13-25-9-5-8-20-19(21-12-18(24)23(3)4)22-17-11-15-6-7-16(17)10-15;/h14-17H,5-13H2,1-4H3,(H2,20,21,22);1H. The van der Waals surface area contributed by atoms with Crippen molar-refractivity contribution < 1.29 is 9.53 Å². The highest BCUT2D eigenvalue weighted by molar-refractivity contribution is 14.0. The van der Waals surface area contributed by atoms with Gasteiger partial charge < -0.3 is 20.3 Å². The molecule has 0 aliphatic heterocycles. The number of aliphatic imine (C=N–C) groups is 1. The average molecular weight is 480 g/mol. The van der Waals surface area contributed by atoms with Crippen LogP contribution in [0.5, 0.6) is 0 Å². The molecule has 2 bridgehead atoms. The molecule has 2 fully saturated rings. The minimum atomic E-state index is 0. The lowest BCUT2D eigenvalue weighted by atomic mass is 9.95. The molecule has 1 amide bonds. The van der Waals surface area contributed by atoms with Crippen molar-refractivity contribution in [3.8, 4) is 0 Å². The predicted octanol–water partition coefficient (Wildman–Crippen LogP) is 2.48. The second-order valence-corrected chi connectivity index (χ2v) is 8.13. The van der Waals surface area contributed by atoms with Crippen molar-refractivity contribution in [3.05, 3.63) is 0 Å². The first-order chi connectivity index (χ1) is 12.0. The maximum atomic E-state index is 11.8. The summed E-state index contributed by atoms with van der Waals surface area (Å²) in [6, 6.07) is 0.511. The number of rotatable bonds is 9. The molecule has 3 atom stereocenters. The number of amides is 1. The largest absolute Gasteiger partial charge is 0.381 e. The Morgan fingerprint density at radius 3 is 2.62 bits per heavy atom. The second kappa shape index (κ2) is 12.0. The van der Waals surface area contributed by atoms with Crippen molar-refractivity contribution in [2.24, 2.45) is 22.7 Å². The van der Waals surface area contributed by atoms with Gasteiger partial charge in [0.15, 0.2) is 5.96 Å². The van der Waals surface area contributed by atoms with Crippen molar-refractivity contribution >= 4 is 35.8 Å². The smallest absolute Gasteiger partial charge is 0.243 e. The predicted molar refractivity (Wildman–Crippen MR) is 117 cm³/mol. The lowest BCUT2D eigenvalue weighted by molar-refractivity contribution is -0.127. The summed E-state index contributed by atoms with van der Waals surface area (Å²) in [5.74, 6) is 3.03. The lowest BCUT2D eigenvalue weighted by Crippen LogP contribution is -2.46. The quantitative estimate of drug-likeness (QED) is 0.230. The van der Waals surface area contributed by atoms with Gasteiger partial charge >= 0.3 is 0 Å². The summed E-state index contributed by atoms with van der Waals surface area (Å²) in [4.78, 5) is 17.9. The summed E-state index contributed by atoms with van der Waals surface area (Å²) >= 11 is 0. The molecule has 2 aliphatic rings. The third kappa shape index (κ3) is 7.98. The Morgan fingerprint density at radius 1 is 1.27 bits per heavy atom. The van der Waals surface area contributed by atoms with Crippen LogP contribution in [0.25, 0.3) is 0 Å². The van der Waals surface area contributed by atoms with Gasteiger partial charge in [-0.25, -0.2) is 4.99 Å². The van der Waals surface area contributed by atoms with Gasteiger partial charge in [0.25, 0.3) is 0 Å². The molecule has 0 aromatic rings. The topological polar surface area (TPSA) is 66.0 Å². The molecule has 7 heteroatoms. The zero-order valence-electron chi connectivity index (χ0n) is 16.8. The van der Waals surface area contributed by atoms with Gasteiger partial charge in [0.1, 0.15) is 6.54 Å². The third-order valence-corrected chi connectivity index (χ3v) is 5.14. The number of carbonyl (C=O) groups is 1. The van der Waals surface area contributed by atoms with Crippen LogP contribution < -0.4 is 10.6 Å². The van der Waals surface area contributed by atoms with Gasteiger partial charge in [-0.15, -0.1) is 24.0 Å². The number of fused-ring (bicyclic) bond motifs is 2. The number of hydrogen-bond donors (Lipinski definition) is 2. The Morgan fingerprint density at radius 2 is 2.04 bits per heavy atom. The van der Waals surface area contributed by atoms with E-state index in [9.17, 15) is 4.79 Å². The van der Waals surface area contributed by atoms with E-state index in [4.69, 9.17) is 4.74 Å². The van der Waals surface area contributed by atoms with Crippen molar-refractivity contribution in [3.63, 3.8) is 0 Å². The molecule has 0 heterocycles. The molecule has 0 spiro atoms. The number of halogens is 1. The van der Waals surface area contributed by atoms with Crippen molar-refractivity contribution in [2.45, 2.75) is 52.0 Å². The highest BCUT2D eigenvalue weighted by Crippen LogP contribution is 2.44. The summed E-state index contributed by atoms with van der Waals surface area (Å²) in [6.07, 6.45) is 6.24. The number of nitrogens with zero attached hydrogens (tertiary/aromatic N) is 2. The molecular weight excluding hydrogens is 443 g/mol. The zero-order valence-corrected chi connectivity index (χ0v) is 19.1. The van der Waals surface area contributed by atoms with Crippen LogP contribution in [0.1, 0.15) is 46.0 Å². The van der Waals surface area contributed by atoms with Crippen molar-refractivity contribution in [1.29, 1.82) is 0 Å². The fourth-order valence-electron chi connectivity index (χ4n) is 3.74. The minimum Gasteiger partial charge on any atom is -0.381 e. The number of guanidine groups is 1. The Bertz CT molecular complexity index is 457. The van der Waals surface area contributed by atoms with Gasteiger partial charge in [-0.1, -0.05) is 20.3 Å². The van der Waals surface area contributed by atoms with E-state index in [1.54, 1.807) is 19.0 Å². The molecule has 0 radical (unpaired) electrons. The number of ether oxygens (including phenoxy) is 1. The van der Waals surface area contributed by atoms with Crippen molar-refractivity contribution in [1.82, 2.24) is 15.5 Å². The van der Waals surface area contributed by atoms with Crippen molar-refractivity contribution in [2.75, 3.05) is 40.4 Å². The number of nitrogens with one attached hydrogen (secondary N) is 2. The van der Waals surface area contributed by atoms with Crippen LogP contribution in [0, 0.1) is 17.8 Å². The van der Waals surface area contributed by atoms with Gasteiger partial charge in [-0.3, -0.25) is 4.79 Å². The SMILES string of the molecule is CC(C)COCCCNC(=NCC(=O)N(C)C)NC1CC2CCC1C2.I. The van der Waals surface area contributed by atoms with Gasteiger partial charge in [-0.2, -0.15) is 0 Å². The molecule has 3 unspecified atom stereocenters. The van der Waals surface area contributed by atoms with Gasteiger partial charge in [-0.05, 0) is 43.4 Å². The summed E-state index contributed by atoms with van der Waals surface area (Å²) in [7, 11) is 3.53. The van der Waals surface area contributed by atoms with E-state index in [2.05, 4.69) is 29.5 Å². The van der Waals surface area contributed by atoms with E-state index in [1.165, 1.54) is 25.7 Å². The van der Waals surface area contributed by atoms with E-state index in [1.807, 2.05) is 0 Å². The normalized spacial score (nSPS) is 24.5. The number of carbonyl (C=O) groups excluding carboxylic acids is 1. The van der Waals surface area contributed by atoms with Gasteiger partial charge in [0.05, 0.1) is 0 Å². The van der Waals surface area contributed by atoms with E-state index in [0.717, 1.165) is 44.0 Å². The zero-order chi connectivity index (χ0) is 18.2. The Balaban J connectivity index is 0.00000338. The van der Waals surface area contributed by atoms with Crippen LogP contribution >= 0.6 is 24.0 Å². The molecule has 0 aromatic carbocycles. The monoisotopic (exact) mass is 480 g/mol. The summed E-state index contributed by atoms with van der Waals surface area (Å²) in [5.41, 5.74) is 0. The summed E-state index contributed by atoms with van der Waals surface area (Å²) < 4.78 is 5.62. The molecule has 6 nitrogen and oxygen atoms in total. The van der Waals surface area contributed by atoms with E-state index in [0.29, 0.717) is 12.0 Å². The molecule has 152 valence electrons. The molecular formula is C19H37IN4O2. The fourth-order valence-corrected chi connectivity index (χ4v) is 3.74. The van der Waals surface area contributed by atoms with Crippen LogP contribution in [-0.4, -0.2) is 63.2 Å². The maximum absolute atomic E-state index is 11.8. The minimum absolute atomic E-state index is 0. The highest BCUT2D eigenvalue weighted by atomic mass is 127. The molecule has 0 saturated heterocycles. The second-order valence-electron chi connectivity index (χ2n) is 8.13. The van der Waals surface area contributed by atoms with Gasteiger partial charge in [0.2, 0.25) is 5.91 Å². The first kappa shape index (κ1) is 23.5. The Labute approximate surface area is 175 Å². The first-order valence-electron chi connectivity index (χ1n) is 9.78. The van der Waals surface area contributed by atoms with Crippen LogP contribution in [-0.2, 0) is 9.53 Å². The molecule has 0 aromatic heterocycles. The summed E-state index contributed by atoms with van der Waals surface area (Å²) in [5, 5.41) is 6.95. The first-order valence-corrected chi connectivity index (χ1v) is 9.78. The van der Waals surface area contributed by atoms with E-state index >= 15 is 0 Å². The molecule has 2 N–H and O–H groups in total. The van der Waals surface area contributed by atoms with E-state index < -0.39 is 0 Å². The van der Waals surface area contributed by atoms with Crippen LogP contribution in [0.2, 0.25) is 0 Å². The highest BCUT2D eigenvalue weighted by Gasteiger charge is 2.39. The Kier molecular flexibility index (Phi) is 10.8. The van der Waals surface area contributed by atoms with Crippen LogP contribution in [0.3, 0.4) is 0 Å². The van der Waals surface area contributed by atoms with Gasteiger partial charge in [0, 0.05) is 39.9 Å². The summed E-state index contributed by atoms with van der Waals surface area (Å²) in [6.45, 7) is 6.87. The van der Waals surface area contributed by atoms with E-state index in [-0.39, 0.29) is 36.4 Å². The Hall–Kier alpha value is -0.570. The molecule has 2 aliphatic carbocycles. The van der Waals surface area contributed by atoms with Crippen LogP contribution in [0.4, 0.5) is 0 Å².